The summed E-state index contributed by atoms with van der Waals surface area (Å²) in [5, 5.41) is 12.4. The molecule has 0 aliphatic heterocycles. The number of carboxylic acids is 1. The zero-order chi connectivity index (χ0) is 16.2. The molecule has 22 heavy (non-hydrogen) atoms. The van der Waals surface area contributed by atoms with E-state index in [2.05, 4.69) is 47.2 Å². The molecule has 0 aliphatic rings. The molecule has 0 spiro atoms. The minimum atomic E-state index is -0.892. The SMILES string of the molecule is CC(C)(CNCc1cccc(C(=O)O)c1)c1cccc(Br)c1. The Morgan fingerprint density at radius 1 is 1.18 bits per heavy atom. The summed E-state index contributed by atoms with van der Waals surface area (Å²) in [5.41, 5.74) is 2.55. The van der Waals surface area contributed by atoms with Crippen molar-refractivity contribution in [3.05, 3.63) is 69.7 Å². The molecule has 2 N–H and O–H groups in total. The number of aromatic carboxylic acids is 1. The molecule has 2 rings (SSSR count). The van der Waals surface area contributed by atoms with Gasteiger partial charge in [0.05, 0.1) is 5.56 Å². The molecule has 2 aromatic rings. The Balaban J connectivity index is 1.98. The Morgan fingerprint density at radius 2 is 1.91 bits per heavy atom. The zero-order valence-electron chi connectivity index (χ0n) is 12.8. The molecule has 0 radical (unpaired) electrons. The quantitative estimate of drug-likeness (QED) is 0.809. The molecule has 0 amide bonds. The van der Waals surface area contributed by atoms with Crippen LogP contribution < -0.4 is 5.32 Å². The number of benzene rings is 2. The van der Waals surface area contributed by atoms with Crippen LogP contribution in [0.1, 0.15) is 35.3 Å². The molecule has 0 saturated carbocycles. The predicted octanol–water partition coefficient (Wildman–Crippen LogP) is 4.21. The van der Waals surface area contributed by atoms with E-state index < -0.39 is 5.97 Å². The molecular weight excluding hydrogens is 342 g/mol. The molecule has 3 nitrogen and oxygen atoms in total. The number of halogens is 1. The summed E-state index contributed by atoms with van der Waals surface area (Å²) in [4.78, 5) is 11.0. The standard InChI is InChI=1S/C18H20BrNO2/c1-18(2,15-7-4-8-16(19)10-15)12-20-11-13-5-3-6-14(9-13)17(21)22/h3-10,20H,11-12H2,1-2H3,(H,21,22). The van der Waals surface area contributed by atoms with Crippen molar-refractivity contribution in [2.24, 2.45) is 0 Å². The van der Waals surface area contributed by atoms with E-state index in [1.165, 1.54) is 5.56 Å². The molecule has 0 unspecified atom stereocenters. The average molecular weight is 362 g/mol. The molecule has 0 atom stereocenters. The molecule has 0 aliphatic carbocycles. The van der Waals surface area contributed by atoms with Crippen molar-refractivity contribution in [1.82, 2.24) is 5.32 Å². The molecule has 2 aromatic carbocycles. The lowest BCUT2D eigenvalue weighted by Crippen LogP contribution is -2.32. The largest absolute Gasteiger partial charge is 0.478 e. The van der Waals surface area contributed by atoms with Crippen LogP contribution in [0.3, 0.4) is 0 Å². The highest BCUT2D eigenvalue weighted by Gasteiger charge is 2.20. The van der Waals surface area contributed by atoms with Crippen LogP contribution >= 0.6 is 15.9 Å². The topological polar surface area (TPSA) is 49.3 Å². The van der Waals surface area contributed by atoms with Crippen LogP contribution in [0, 0.1) is 0 Å². The maximum absolute atomic E-state index is 11.0. The highest BCUT2D eigenvalue weighted by atomic mass is 79.9. The number of nitrogens with one attached hydrogen (secondary N) is 1. The third kappa shape index (κ3) is 4.42. The summed E-state index contributed by atoms with van der Waals surface area (Å²) in [5.74, 6) is -0.892. The molecule has 0 bridgehead atoms. The first-order chi connectivity index (χ1) is 10.4. The van der Waals surface area contributed by atoms with Crippen LogP contribution in [0.15, 0.2) is 53.0 Å². The van der Waals surface area contributed by atoms with Crippen molar-refractivity contribution >= 4 is 21.9 Å². The fourth-order valence-corrected chi connectivity index (χ4v) is 2.74. The average Bonchev–Trinajstić information content (AvgIpc) is 2.47. The van der Waals surface area contributed by atoms with Crippen LogP contribution in [0.25, 0.3) is 0 Å². The number of carbonyl (C=O) groups is 1. The number of carboxylic acid groups (broad SMARTS) is 1. The van der Waals surface area contributed by atoms with Gasteiger partial charge in [0, 0.05) is 23.0 Å². The number of rotatable bonds is 6. The third-order valence-corrected chi connectivity index (χ3v) is 4.17. The summed E-state index contributed by atoms with van der Waals surface area (Å²) in [6, 6.07) is 15.3. The highest BCUT2D eigenvalue weighted by molar-refractivity contribution is 9.10. The van der Waals surface area contributed by atoms with Gasteiger partial charge >= 0.3 is 5.97 Å². The first kappa shape index (κ1) is 16.7. The van der Waals surface area contributed by atoms with Crippen molar-refractivity contribution in [3.63, 3.8) is 0 Å². The van der Waals surface area contributed by atoms with Gasteiger partial charge in [-0.2, -0.15) is 0 Å². The van der Waals surface area contributed by atoms with Gasteiger partial charge in [-0.3, -0.25) is 0 Å². The van der Waals surface area contributed by atoms with E-state index in [1.807, 2.05) is 18.2 Å². The Morgan fingerprint density at radius 3 is 2.59 bits per heavy atom. The van der Waals surface area contributed by atoms with Gasteiger partial charge in [0.15, 0.2) is 0 Å². The summed E-state index contributed by atoms with van der Waals surface area (Å²) in [7, 11) is 0. The summed E-state index contributed by atoms with van der Waals surface area (Å²) in [6.45, 7) is 5.84. The Kier molecular flexibility index (Phi) is 5.37. The monoisotopic (exact) mass is 361 g/mol. The predicted molar refractivity (Wildman–Crippen MR) is 92.3 cm³/mol. The van der Waals surface area contributed by atoms with E-state index >= 15 is 0 Å². The molecular formula is C18H20BrNO2. The normalized spacial score (nSPS) is 11.4. The molecule has 0 saturated heterocycles. The highest BCUT2D eigenvalue weighted by Crippen LogP contribution is 2.25. The van der Waals surface area contributed by atoms with Gasteiger partial charge in [0.25, 0.3) is 0 Å². The van der Waals surface area contributed by atoms with E-state index in [0.29, 0.717) is 12.1 Å². The summed E-state index contributed by atoms with van der Waals surface area (Å²) in [6.07, 6.45) is 0. The Bertz CT molecular complexity index is 668. The maximum atomic E-state index is 11.0. The first-order valence-corrected chi connectivity index (χ1v) is 7.97. The minimum absolute atomic E-state index is 0.00577. The Labute approximate surface area is 139 Å². The Hall–Kier alpha value is -1.65. The second-order valence-corrected chi connectivity index (χ2v) is 6.92. The lowest BCUT2D eigenvalue weighted by molar-refractivity contribution is 0.0696. The number of hydrogen-bond acceptors (Lipinski definition) is 2. The van der Waals surface area contributed by atoms with Crippen molar-refractivity contribution in [3.8, 4) is 0 Å². The molecule has 0 aromatic heterocycles. The van der Waals surface area contributed by atoms with E-state index in [-0.39, 0.29) is 5.41 Å². The van der Waals surface area contributed by atoms with Crippen LogP contribution in [-0.4, -0.2) is 17.6 Å². The second kappa shape index (κ2) is 7.07. The third-order valence-electron chi connectivity index (χ3n) is 3.68. The van der Waals surface area contributed by atoms with Crippen molar-refractivity contribution in [1.29, 1.82) is 0 Å². The molecule has 0 fully saturated rings. The summed E-state index contributed by atoms with van der Waals surface area (Å²) >= 11 is 3.50. The van der Waals surface area contributed by atoms with Crippen LogP contribution in [0.4, 0.5) is 0 Å². The molecule has 116 valence electrons. The lowest BCUT2D eigenvalue weighted by Gasteiger charge is -2.26. The van der Waals surface area contributed by atoms with Gasteiger partial charge in [0.1, 0.15) is 0 Å². The summed E-state index contributed by atoms with van der Waals surface area (Å²) < 4.78 is 1.08. The van der Waals surface area contributed by atoms with Gasteiger partial charge in [0.2, 0.25) is 0 Å². The number of hydrogen-bond donors (Lipinski definition) is 2. The zero-order valence-corrected chi connectivity index (χ0v) is 14.4. The maximum Gasteiger partial charge on any atom is 0.335 e. The van der Waals surface area contributed by atoms with Crippen LogP contribution in [-0.2, 0) is 12.0 Å². The van der Waals surface area contributed by atoms with Crippen molar-refractivity contribution in [2.45, 2.75) is 25.8 Å². The first-order valence-electron chi connectivity index (χ1n) is 7.17. The van der Waals surface area contributed by atoms with Crippen molar-refractivity contribution in [2.75, 3.05) is 6.54 Å². The fourth-order valence-electron chi connectivity index (χ4n) is 2.35. The van der Waals surface area contributed by atoms with Gasteiger partial charge in [-0.15, -0.1) is 0 Å². The van der Waals surface area contributed by atoms with E-state index in [1.54, 1.807) is 18.2 Å². The van der Waals surface area contributed by atoms with E-state index in [9.17, 15) is 4.79 Å². The van der Waals surface area contributed by atoms with Gasteiger partial charge in [-0.05, 0) is 35.4 Å². The lowest BCUT2D eigenvalue weighted by atomic mass is 9.84. The van der Waals surface area contributed by atoms with E-state index in [4.69, 9.17) is 5.11 Å². The van der Waals surface area contributed by atoms with Gasteiger partial charge in [-0.1, -0.05) is 54.0 Å². The molecule has 0 heterocycles. The smallest absolute Gasteiger partial charge is 0.335 e. The van der Waals surface area contributed by atoms with Gasteiger partial charge < -0.3 is 10.4 Å². The second-order valence-electron chi connectivity index (χ2n) is 6.00. The molecule has 4 heteroatoms. The van der Waals surface area contributed by atoms with Gasteiger partial charge in [-0.25, -0.2) is 4.79 Å². The van der Waals surface area contributed by atoms with E-state index in [0.717, 1.165) is 16.6 Å². The van der Waals surface area contributed by atoms with Crippen LogP contribution in [0.5, 0.6) is 0 Å². The fraction of sp³-hybridized carbons (Fsp3) is 0.278. The van der Waals surface area contributed by atoms with Crippen LogP contribution in [0.2, 0.25) is 0 Å². The van der Waals surface area contributed by atoms with Crippen molar-refractivity contribution < 1.29 is 9.90 Å². The minimum Gasteiger partial charge on any atom is -0.478 e.